The molecule has 0 bridgehead atoms. The van der Waals surface area contributed by atoms with E-state index in [1.165, 1.54) is 18.4 Å². The molecule has 1 aromatic carbocycles. The number of ether oxygens (including phenoxy) is 1. The Hall–Kier alpha value is -0.610. The quantitative estimate of drug-likeness (QED) is 0.874. The summed E-state index contributed by atoms with van der Waals surface area (Å²) < 4.78 is 5.48. The van der Waals surface area contributed by atoms with Gasteiger partial charge >= 0.3 is 0 Å². The highest BCUT2D eigenvalue weighted by Gasteiger charge is 2.33. The van der Waals surface area contributed by atoms with Crippen molar-refractivity contribution in [2.75, 3.05) is 40.4 Å². The highest BCUT2D eigenvalue weighted by molar-refractivity contribution is 6.30. The minimum Gasteiger partial charge on any atom is -0.384 e. The number of nitrogens with one attached hydrogen (secondary N) is 1. The van der Waals surface area contributed by atoms with Crippen molar-refractivity contribution in [2.45, 2.75) is 19.4 Å². The molecule has 0 aliphatic carbocycles. The largest absolute Gasteiger partial charge is 0.384 e. The molecule has 1 heterocycles. The van der Waals surface area contributed by atoms with Crippen molar-refractivity contribution in [3.05, 3.63) is 34.9 Å². The molecule has 1 fully saturated rings. The molecule has 4 heteroatoms. The van der Waals surface area contributed by atoms with E-state index in [4.69, 9.17) is 16.3 Å². The Morgan fingerprint density at radius 1 is 1.35 bits per heavy atom. The molecule has 0 radical (unpaired) electrons. The van der Waals surface area contributed by atoms with E-state index >= 15 is 0 Å². The Morgan fingerprint density at radius 2 is 2.10 bits per heavy atom. The molecule has 1 saturated heterocycles. The monoisotopic (exact) mass is 296 g/mol. The summed E-state index contributed by atoms with van der Waals surface area (Å²) in [4.78, 5) is 2.38. The molecule has 20 heavy (non-hydrogen) atoms. The van der Waals surface area contributed by atoms with Crippen molar-refractivity contribution in [3.63, 3.8) is 0 Å². The summed E-state index contributed by atoms with van der Waals surface area (Å²) in [5, 5.41) is 4.25. The van der Waals surface area contributed by atoms with Crippen LogP contribution in [0.25, 0.3) is 0 Å². The summed E-state index contributed by atoms with van der Waals surface area (Å²) >= 11 is 6.05. The predicted octanol–water partition coefficient (Wildman–Crippen LogP) is 2.79. The van der Waals surface area contributed by atoms with Crippen LogP contribution in [0.1, 0.15) is 18.4 Å². The van der Waals surface area contributed by atoms with Gasteiger partial charge in [-0.05, 0) is 50.7 Å². The van der Waals surface area contributed by atoms with Gasteiger partial charge in [0.1, 0.15) is 0 Å². The Morgan fingerprint density at radius 3 is 2.75 bits per heavy atom. The highest BCUT2D eigenvalue weighted by atomic mass is 35.5. The molecule has 1 N–H and O–H groups in total. The number of halogens is 1. The van der Waals surface area contributed by atoms with Gasteiger partial charge < -0.3 is 15.0 Å². The van der Waals surface area contributed by atoms with E-state index in [0.717, 1.165) is 37.8 Å². The third-order valence-electron chi connectivity index (χ3n) is 4.06. The summed E-state index contributed by atoms with van der Waals surface area (Å²) in [7, 11) is 3.99. The molecule has 1 aliphatic heterocycles. The zero-order chi connectivity index (χ0) is 14.4. The Bertz CT molecular complexity index is 413. The number of benzene rings is 1. The zero-order valence-corrected chi connectivity index (χ0v) is 13.2. The van der Waals surface area contributed by atoms with E-state index < -0.39 is 0 Å². The number of hydrogen-bond donors (Lipinski definition) is 1. The van der Waals surface area contributed by atoms with Crippen molar-refractivity contribution < 1.29 is 4.74 Å². The molecule has 3 nitrogen and oxygen atoms in total. The minimum atomic E-state index is 0.285. The van der Waals surface area contributed by atoms with Gasteiger partial charge in [-0.25, -0.2) is 0 Å². The standard InChI is InChI=1S/C16H25ClN2O/c1-19(11-14-4-3-5-15(17)10-14)12-16(13-20-2)6-8-18-9-7-16/h3-5,10,18H,6-9,11-13H2,1-2H3. The lowest BCUT2D eigenvalue weighted by Crippen LogP contribution is -2.46. The van der Waals surface area contributed by atoms with Gasteiger partial charge in [0.05, 0.1) is 6.61 Å². The molecular formula is C16H25ClN2O. The first-order valence-electron chi connectivity index (χ1n) is 7.26. The number of hydrogen-bond acceptors (Lipinski definition) is 3. The predicted molar refractivity (Wildman–Crippen MR) is 84.2 cm³/mol. The van der Waals surface area contributed by atoms with Gasteiger partial charge in [-0.2, -0.15) is 0 Å². The van der Waals surface area contributed by atoms with Crippen LogP contribution in [0, 0.1) is 5.41 Å². The van der Waals surface area contributed by atoms with Crippen LogP contribution in [0.2, 0.25) is 5.02 Å². The SMILES string of the molecule is COCC1(CN(C)Cc2cccc(Cl)c2)CCNCC1. The van der Waals surface area contributed by atoms with Gasteiger partial charge in [0.25, 0.3) is 0 Å². The summed E-state index contributed by atoms with van der Waals surface area (Å²) in [6.07, 6.45) is 2.36. The van der Waals surface area contributed by atoms with Crippen LogP contribution in [0.3, 0.4) is 0 Å². The second-order valence-corrected chi connectivity index (χ2v) is 6.42. The lowest BCUT2D eigenvalue weighted by Gasteiger charge is -2.40. The number of piperidine rings is 1. The zero-order valence-electron chi connectivity index (χ0n) is 12.5. The van der Waals surface area contributed by atoms with Crippen LogP contribution in [0.4, 0.5) is 0 Å². The molecule has 0 unspecified atom stereocenters. The molecular weight excluding hydrogens is 272 g/mol. The van der Waals surface area contributed by atoms with E-state index in [1.54, 1.807) is 7.11 Å². The van der Waals surface area contributed by atoms with Crippen molar-refractivity contribution in [3.8, 4) is 0 Å². The Kier molecular flexibility index (Phi) is 5.85. The second kappa shape index (κ2) is 7.41. The van der Waals surface area contributed by atoms with E-state index in [0.29, 0.717) is 0 Å². The average Bonchev–Trinajstić information content (AvgIpc) is 2.39. The first-order valence-corrected chi connectivity index (χ1v) is 7.64. The molecule has 0 aromatic heterocycles. The Labute approximate surface area is 127 Å². The van der Waals surface area contributed by atoms with Gasteiger partial charge in [-0.15, -0.1) is 0 Å². The van der Waals surface area contributed by atoms with Gasteiger partial charge in [-0.1, -0.05) is 23.7 Å². The maximum atomic E-state index is 6.05. The lowest BCUT2D eigenvalue weighted by molar-refractivity contribution is 0.0269. The molecule has 0 amide bonds. The summed E-state index contributed by atoms with van der Waals surface area (Å²) in [6.45, 7) is 5.02. The van der Waals surface area contributed by atoms with E-state index in [-0.39, 0.29) is 5.41 Å². The normalized spacial score (nSPS) is 18.4. The molecule has 1 aromatic rings. The first kappa shape index (κ1) is 15.8. The maximum Gasteiger partial charge on any atom is 0.0531 e. The molecule has 1 aliphatic rings. The summed E-state index contributed by atoms with van der Waals surface area (Å²) in [5.41, 5.74) is 1.55. The number of nitrogens with zero attached hydrogens (tertiary/aromatic N) is 1. The molecule has 112 valence electrons. The van der Waals surface area contributed by atoms with E-state index in [2.05, 4.69) is 23.3 Å². The van der Waals surface area contributed by atoms with E-state index in [9.17, 15) is 0 Å². The molecule has 0 atom stereocenters. The summed E-state index contributed by atoms with van der Waals surface area (Å²) in [6, 6.07) is 8.11. The fourth-order valence-electron chi connectivity index (χ4n) is 3.19. The van der Waals surface area contributed by atoms with Gasteiger partial charge in [0, 0.05) is 30.6 Å². The van der Waals surface area contributed by atoms with Crippen molar-refractivity contribution in [1.29, 1.82) is 0 Å². The maximum absolute atomic E-state index is 6.05. The topological polar surface area (TPSA) is 24.5 Å². The van der Waals surface area contributed by atoms with Crippen LogP contribution in [0.5, 0.6) is 0 Å². The highest BCUT2D eigenvalue weighted by Crippen LogP contribution is 2.30. The third-order valence-corrected chi connectivity index (χ3v) is 4.30. The van der Waals surface area contributed by atoms with Gasteiger partial charge in [0.15, 0.2) is 0 Å². The van der Waals surface area contributed by atoms with Gasteiger partial charge in [-0.3, -0.25) is 0 Å². The third kappa shape index (κ3) is 4.45. The van der Waals surface area contributed by atoms with Crippen LogP contribution in [0.15, 0.2) is 24.3 Å². The lowest BCUT2D eigenvalue weighted by atomic mass is 9.79. The minimum absolute atomic E-state index is 0.285. The molecule has 0 saturated carbocycles. The van der Waals surface area contributed by atoms with Gasteiger partial charge in [0.2, 0.25) is 0 Å². The number of methoxy groups -OCH3 is 1. The smallest absolute Gasteiger partial charge is 0.0531 e. The van der Waals surface area contributed by atoms with E-state index in [1.807, 2.05) is 18.2 Å². The number of rotatable bonds is 6. The van der Waals surface area contributed by atoms with Crippen molar-refractivity contribution >= 4 is 11.6 Å². The second-order valence-electron chi connectivity index (χ2n) is 5.99. The fourth-order valence-corrected chi connectivity index (χ4v) is 3.40. The van der Waals surface area contributed by atoms with Crippen LogP contribution < -0.4 is 5.32 Å². The van der Waals surface area contributed by atoms with Crippen molar-refractivity contribution in [1.82, 2.24) is 10.2 Å². The van der Waals surface area contributed by atoms with Crippen LogP contribution >= 0.6 is 11.6 Å². The summed E-state index contributed by atoms with van der Waals surface area (Å²) in [5.74, 6) is 0. The van der Waals surface area contributed by atoms with Crippen LogP contribution in [-0.4, -0.2) is 45.3 Å². The van der Waals surface area contributed by atoms with Crippen molar-refractivity contribution in [2.24, 2.45) is 5.41 Å². The Balaban J connectivity index is 1.95. The molecule has 2 rings (SSSR count). The fraction of sp³-hybridized carbons (Fsp3) is 0.625. The molecule has 0 spiro atoms. The first-order chi connectivity index (χ1) is 9.63. The average molecular weight is 297 g/mol. The van der Waals surface area contributed by atoms with Crippen LogP contribution in [-0.2, 0) is 11.3 Å².